The summed E-state index contributed by atoms with van der Waals surface area (Å²) in [5, 5.41) is 6.21. The Morgan fingerprint density at radius 2 is 2.35 bits per heavy atom. The Bertz CT molecular complexity index is 595. The molecule has 20 heavy (non-hydrogen) atoms. The number of anilines is 1. The molecule has 1 aromatic heterocycles. The molecule has 2 aromatic rings. The molecule has 1 saturated heterocycles. The zero-order valence-electron chi connectivity index (χ0n) is 11.3. The number of hydrogen-bond donors (Lipinski definition) is 2. The van der Waals surface area contributed by atoms with Gasteiger partial charge in [-0.05, 0) is 24.6 Å². The molecule has 104 valence electrons. The number of nitrogens with one attached hydrogen (secondary N) is 2. The largest absolute Gasteiger partial charge is 0.444 e. The lowest BCUT2D eigenvalue weighted by atomic mass is 9.97. The molecular formula is C15H17N3O2. The van der Waals surface area contributed by atoms with Crippen molar-refractivity contribution in [2.24, 2.45) is 11.8 Å². The van der Waals surface area contributed by atoms with Gasteiger partial charge in [0, 0.05) is 17.8 Å². The minimum absolute atomic E-state index is 0.0314. The van der Waals surface area contributed by atoms with Gasteiger partial charge in [-0.1, -0.05) is 19.1 Å². The summed E-state index contributed by atoms with van der Waals surface area (Å²) >= 11 is 0. The molecule has 0 radical (unpaired) electrons. The number of nitrogens with zero attached hydrogens (tertiary/aromatic N) is 1. The highest BCUT2D eigenvalue weighted by atomic mass is 16.3. The fourth-order valence-electron chi connectivity index (χ4n) is 2.50. The van der Waals surface area contributed by atoms with E-state index in [0.29, 0.717) is 11.7 Å². The number of carbonyl (C=O) groups is 1. The van der Waals surface area contributed by atoms with Gasteiger partial charge in [0.2, 0.25) is 5.91 Å². The molecule has 1 fully saturated rings. The van der Waals surface area contributed by atoms with Crippen molar-refractivity contribution in [3.8, 4) is 11.3 Å². The zero-order valence-corrected chi connectivity index (χ0v) is 11.3. The van der Waals surface area contributed by atoms with E-state index in [9.17, 15) is 4.79 Å². The minimum atomic E-state index is 0.0314. The monoisotopic (exact) mass is 271 g/mol. The molecule has 1 amide bonds. The fourth-order valence-corrected chi connectivity index (χ4v) is 2.50. The van der Waals surface area contributed by atoms with Crippen molar-refractivity contribution < 1.29 is 9.21 Å². The Kier molecular flexibility index (Phi) is 3.52. The summed E-state index contributed by atoms with van der Waals surface area (Å²) in [5.74, 6) is 1.16. The minimum Gasteiger partial charge on any atom is -0.444 e. The van der Waals surface area contributed by atoms with Crippen LogP contribution in [-0.2, 0) is 4.79 Å². The Morgan fingerprint density at radius 3 is 3.05 bits per heavy atom. The normalized spacial score (nSPS) is 21.9. The summed E-state index contributed by atoms with van der Waals surface area (Å²) in [6, 6.07) is 7.59. The highest BCUT2D eigenvalue weighted by Gasteiger charge is 2.29. The highest BCUT2D eigenvalue weighted by molar-refractivity contribution is 5.93. The molecule has 1 aromatic carbocycles. The number of benzene rings is 1. The third-order valence-electron chi connectivity index (χ3n) is 3.70. The van der Waals surface area contributed by atoms with E-state index in [-0.39, 0.29) is 11.8 Å². The van der Waals surface area contributed by atoms with Crippen LogP contribution in [0.15, 0.2) is 41.3 Å². The lowest BCUT2D eigenvalue weighted by Crippen LogP contribution is -2.27. The van der Waals surface area contributed by atoms with Gasteiger partial charge in [0.25, 0.3) is 0 Å². The first-order chi connectivity index (χ1) is 9.74. The van der Waals surface area contributed by atoms with Gasteiger partial charge in [-0.25, -0.2) is 4.98 Å². The van der Waals surface area contributed by atoms with E-state index >= 15 is 0 Å². The van der Waals surface area contributed by atoms with Crippen molar-refractivity contribution >= 4 is 11.6 Å². The van der Waals surface area contributed by atoms with Crippen molar-refractivity contribution in [3.63, 3.8) is 0 Å². The lowest BCUT2D eigenvalue weighted by molar-refractivity contribution is -0.120. The summed E-state index contributed by atoms with van der Waals surface area (Å²) < 4.78 is 5.26. The number of oxazole rings is 1. The van der Waals surface area contributed by atoms with E-state index in [2.05, 4.69) is 22.5 Å². The Hall–Kier alpha value is -2.14. The average Bonchev–Trinajstić information content (AvgIpc) is 3.09. The molecule has 0 aliphatic carbocycles. The maximum Gasteiger partial charge on any atom is 0.229 e. The van der Waals surface area contributed by atoms with Gasteiger partial charge >= 0.3 is 0 Å². The average molecular weight is 271 g/mol. The third-order valence-corrected chi connectivity index (χ3v) is 3.70. The van der Waals surface area contributed by atoms with Crippen LogP contribution in [0.2, 0.25) is 0 Å². The summed E-state index contributed by atoms with van der Waals surface area (Å²) in [5.41, 5.74) is 1.68. The van der Waals surface area contributed by atoms with Crippen molar-refractivity contribution in [2.45, 2.75) is 6.92 Å². The van der Waals surface area contributed by atoms with E-state index in [1.54, 1.807) is 6.20 Å². The Balaban J connectivity index is 1.74. The molecule has 0 bridgehead atoms. The fraction of sp³-hybridized carbons (Fsp3) is 0.333. The number of amides is 1. The van der Waals surface area contributed by atoms with Gasteiger partial charge in [0.05, 0.1) is 12.1 Å². The van der Waals surface area contributed by atoms with Crippen LogP contribution in [0.1, 0.15) is 6.92 Å². The summed E-state index contributed by atoms with van der Waals surface area (Å²) in [4.78, 5) is 16.1. The number of hydrogen-bond acceptors (Lipinski definition) is 4. The standard InChI is InChI=1S/C15H17N3O2/c1-10-6-16-7-13(10)15(19)18-12-4-2-3-11(5-12)14-8-17-9-20-14/h2-5,8-10,13,16H,6-7H2,1H3,(H,18,19). The van der Waals surface area contributed by atoms with Crippen LogP contribution in [0.4, 0.5) is 5.69 Å². The van der Waals surface area contributed by atoms with E-state index in [4.69, 9.17) is 4.42 Å². The predicted molar refractivity (Wildman–Crippen MR) is 76.1 cm³/mol. The van der Waals surface area contributed by atoms with E-state index < -0.39 is 0 Å². The molecule has 0 spiro atoms. The highest BCUT2D eigenvalue weighted by Crippen LogP contribution is 2.23. The summed E-state index contributed by atoms with van der Waals surface area (Å²) in [6.45, 7) is 3.74. The van der Waals surface area contributed by atoms with Gasteiger partial charge < -0.3 is 15.1 Å². The quantitative estimate of drug-likeness (QED) is 0.897. The van der Waals surface area contributed by atoms with E-state index in [1.165, 1.54) is 6.39 Å². The van der Waals surface area contributed by atoms with Crippen LogP contribution in [0.3, 0.4) is 0 Å². The van der Waals surface area contributed by atoms with Crippen LogP contribution in [0, 0.1) is 11.8 Å². The van der Waals surface area contributed by atoms with E-state index in [0.717, 1.165) is 24.3 Å². The molecule has 1 aliphatic heterocycles. The molecule has 5 nitrogen and oxygen atoms in total. The third kappa shape index (κ3) is 2.58. The van der Waals surface area contributed by atoms with Gasteiger partial charge in [0.1, 0.15) is 0 Å². The predicted octanol–water partition coefficient (Wildman–Crippen LogP) is 2.14. The molecule has 0 saturated carbocycles. The maximum absolute atomic E-state index is 12.2. The second kappa shape index (κ2) is 5.46. The van der Waals surface area contributed by atoms with Crippen molar-refractivity contribution in [2.75, 3.05) is 18.4 Å². The Labute approximate surface area is 117 Å². The van der Waals surface area contributed by atoms with Crippen LogP contribution < -0.4 is 10.6 Å². The number of aromatic nitrogens is 1. The van der Waals surface area contributed by atoms with E-state index in [1.807, 2.05) is 24.3 Å². The summed E-state index contributed by atoms with van der Waals surface area (Å²) in [7, 11) is 0. The second-order valence-electron chi connectivity index (χ2n) is 5.18. The SMILES string of the molecule is CC1CNCC1C(=O)Nc1cccc(-c2cnco2)c1. The maximum atomic E-state index is 12.2. The molecule has 2 N–H and O–H groups in total. The molecular weight excluding hydrogens is 254 g/mol. The number of rotatable bonds is 3. The van der Waals surface area contributed by atoms with Gasteiger partial charge in [-0.15, -0.1) is 0 Å². The van der Waals surface area contributed by atoms with Gasteiger partial charge in [-0.3, -0.25) is 4.79 Å². The molecule has 5 heteroatoms. The Morgan fingerprint density at radius 1 is 1.45 bits per heavy atom. The van der Waals surface area contributed by atoms with Crippen LogP contribution in [0.5, 0.6) is 0 Å². The van der Waals surface area contributed by atoms with Crippen LogP contribution in [0.25, 0.3) is 11.3 Å². The van der Waals surface area contributed by atoms with Crippen LogP contribution >= 0.6 is 0 Å². The first-order valence-electron chi connectivity index (χ1n) is 6.74. The van der Waals surface area contributed by atoms with Crippen molar-refractivity contribution in [3.05, 3.63) is 36.9 Å². The molecule has 2 unspecified atom stereocenters. The van der Waals surface area contributed by atoms with Crippen molar-refractivity contribution in [1.82, 2.24) is 10.3 Å². The van der Waals surface area contributed by atoms with Crippen LogP contribution in [-0.4, -0.2) is 24.0 Å². The molecule has 3 rings (SSSR count). The molecule has 2 heterocycles. The smallest absolute Gasteiger partial charge is 0.229 e. The van der Waals surface area contributed by atoms with Crippen molar-refractivity contribution in [1.29, 1.82) is 0 Å². The zero-order chi connectivity index (χ0) is 13.9. The van der Waals surface area contributed by atoms with Gasteiger partial charge in [-0.2, -0.15) is 0 Å². The number of carbonyl (C=O) groups excluding carboxylic acids is 1. The van der Waals surface area contributed by atoms with Gasteiger partial charge in [0.15, 0.2) is 12.2 Å². The second-order valence-corrected chi connectivity index (χ2v) is 5.18. The topological polar surface area (TPSA) is 67.2 Å². The summed E-state index contributed by atoms with van der Waals surface area (Å²) in [6.07, 6.45) is 3.05. The first-order valence-corrected chi connectivity index (χ1v) is 6.74. The first kappa shape index (κ1) is 12.9. The molecule has 1 aliphatic rings. The molecule has 2 atom stereocenters. The lowest BCUT2D eigenvalue weighted by Gasteiger charge is -2.14.